The molecule has 1 aromatic rings. The zero-order valence-electron chi connectivity index (χ0n) is 17.3. The van der Waals surface area contributed by atoms with Crippen LogP contribution in [0.4, 0.5) is 0 Å². The van der Waals surface area contributed by atoms with Crippen molar-refractivity contribution in [3.8, 4) is 0 Å². The van der Waals surface area contributed by atoms with Crippen molar-refractivity contribution in [2.45, 2.75) is 70.8 Å². The fraction of sp³-hybridized carbons (Fsp3) is 0.591. The van der Waals surface area contributed by atoms with Crippen LogP contribution in [0.2, 0.25) is 5.02 Å². The molecule has 0 aromatic heterocycles. The fourth-order valence-electron chi connectivity index (χ4n) is 4.52. The normalized spacial score (nSPS) is 20.2. The van der Waals surface area contributed by atoms with Gasteiger partial charge in [0.25, 0.3) is 0 Å². The van der Waals surface area contributed by atoms with Gasteiger partial charge in [-0.25, -0.2) is 13.1 Å². The van der Waals surface area contributed by atoms with Crippen molar-refractivity contribution in [3.05, 3.63) is 40.4 Å². The number of sulfonamides is 1. The summed E-state index contributed by atoms with van der Waals surface area (Å²) in [5.41, 5.74) is 0.904. The van der Waals surface area contributed by atoms with E-state index in [2.05, 4.69) is 11.6 Å². The van der Waals surface area contributed by atoms with E-state index in [9.17, 15) is 13.2 Å². The maximum Gasteiger partial charge on any atom is 0.242 e. The molecule has 1 spiro atoms. The number of benzene rings is 1. The number of hydrogen-bond donors (Lipinski definition) is 1. The first-order chi connectivity index (χ1) is 13.8. The van der Waals surface area contributed by atoms with E-state index in [-0.39, 0.29) is 5.91 Å². The maximum absolute atomic E-state index is 13.3. The van der Waals surface area contributed by atoms with Gasteiger partial charge >= 0.3 is 0 Å². The van der Waals surface area contributed by atoms with Crippen LogP contribution in [0, 0.1) is 0 Å². The topological polar surface area (TPSA) is 66.5 Å². The Morgan fingerprint density at radius 3 is 2.38 bits per heavy atom. The van der Waals surface area contributed by atoms with Gasteiger partial charge in [0.1, 0.15) is 0 Å². The number of amides is 1. The highest BCUT2D eigenvalue weighted by atomic mass is 35.5. The highest BCUT2D eigenvalue weighted by Crippen LogP contribution is 2.45. The van der Waals surface area contributed by atoms with Gasteiger partial charge in [-0.3, -0.25) is 4.79 Å². The molecular formula is C22H31ClN2O3S. The Balaban J connectivity index is 2.12. The van der Waals surface area contributed by atoms with Crippen LogP contribution in [-0.2, 0) is 14.8 Å². The molecule has 1 aliphatic carbocycles. The summed E-state index contributed by atoms with van der Waals surface area (Å²) >= 11 is 6.04. The second kappa shape index (κ2) is 9.19. The summed E-state index contributed by atoms with van der Waals surface area (Å²) in [5, 5.41) is 0.567. The Kier molecular flexibility index (Phi) is 7.07. The highest BCUT2D eigenvalue weighted by Gasteiger charge is 2.49. The molecule has 0 unspecified atom stereocenters. The van der Waals surface area contributed by atoms with Crippen molar-refractivity contribution in [3.63, 3.8) is 0 Å². The van der Waals surface area contributed by atoms with Gasteiger partial charge in [-0.1, -0.05) is 63.3 Å². The van der Waals surface area contributed by atoms with E-state index in [0.29, 0.717) is 35.0 Å². The molecule has 29 heavy (non-hydrogen) atoms. The molecule has 5 nitrogen and oxygen atoms in total. The average molecular weight is 439 g/mol. The van der Waals surface area contributed by atoms with Crippen LogP contribution in [-0.4, -0.2) is 37.9 Å². The van der Waals surface area contributed by atoms with Crippen molar-refractivity contribution in [1.29, 1.82) is 0 Å². The minimum Gasteiger partial charge on any atom is -0.339 e. The molecule has 0 radical (unpaired) electrons. The van der Waals surface area contributed by atoms with Crippen LogP contribution in [0.5, 0.6) is 0 Å². The lowest BCUT2D eigenvalue weighted by atomic mass is 9.76. The van der Waals surface area contributed by atoms with Crippen LogP contribution >= 0.6 is 11.6 Å². The summed E-state index contributed by atoms with van der Waals surface area (Å²) in [6.45, 7) is 4.96. The van der Waals surface area contributed by atoms with Crippen molar-refractivity contribution in [1.82, 2.24) is 9.62 Å². The van der Waals surface area contributed by atoms with Gasteiger partial charge in [0.05, 0.1) is 10.4 Å². The Morgan fingerprint density at radius 1 is 1.14 bits per heavy atom. The zero-order chi connectivity index (χ0) is 21.1. The SMILES string of the molecule is CCCCN(CC1=C(c2ccc(Cl)cc2)S(=O)(=O)NC12CCCCC2)C(=O)CC. The number of unbranched alkanes of at least 4 members (excludes halogenated alkanes) is 1. The van der Waals surface area contributed by atoms with Gasteiger partial charge in [0, 0.05) is 24.5 Å². The summed E-state index contributed by atoms with van der Waals surface area (Å²) in [4.78, 5) is 14.8. The van der Waals surface area contributed by atoms with E-state index in [1.807, 2.05) is 11.8 Å². The monoisotopic (exact) mass is 438 g/mol. The van der Waals surface area contributed by atoms with Gasteiger partial charge in [-0.15, -0.1) is 0 Å². The second-order valence-corrected chi connectivity index (χ2v) is 10.1. The third-order valence-corrected chi connectivity index (χ3v) is 7.98. The quantitative estimate of drug-likeness (QED) is 0.669. The van der Waals surface area contributed by atoms with Crippen LogP contribution in [0.1, 0.15) is 70.8 Å². The molecule has 1 fully saturated rings. The lowest BCUT2D eigenvalue weighted by Crippen LogP contribution is -2.48. The summed E-state index contributed by atoms with van der Waals surface area (Å²) < 4.78 is 29.5. The van der Waals surface area contributed by atoms with E-state index in [1.165, 1.54) is 0 Å². The number of nitrogens with zero attached hydrogens (tertiary/aromatic N) is 1. The smallest absolute Gasteiger partial charge is 0.242 e. The van der Waals surface area contributed by atoms with Crippen molar-refractivity contribution < 1.29 is 13.2 Å². The third kappa shape index (κ3) is 4.70. The average Bonchev–Trinajstić information content (AvgIpc) is 2.91. The molecular weight excluding hydrogens is 408 g/mol. The summed E-state index contributed by atoms with van der Waals surface area (Å²) in [7, 11) is -3.66. The van der Waals surface area contributed by atoms with Gasteiger partial charge in [-0.05, 0) is 42.5 Å². The molecule has 1 saturated carbocycles. The van der Waals surface area contributed by atoms with Crippen molar-refractivity contribution >= 4 is 32.4 Å². The second-order valence-electron chi connectivity index (χ2n) is 8.09. The predicted molar refractivity (Wildman–Crippen MR) is 118 cm³/mol. The first kappa shape index (κ1) is 22.3. The minimum atomic E-state index is -3.66. The van der Waals surface area contributed by atoms with E-state index in [1.54, 1.807) is 24.3 Å². The summed E-state index contributed by atoms with van der Waals surface area (Å²) in [6, 6.07) is 6.96. The zero-order valence-corrected chi connectivity index (χ0v) is 18.9. The largest absolute Gasteiger partial charge is 0.339 e. The molecule has 2 aliphatic rings. The molecule has 0 bridgehead atoms. The lowest BCUT2D eigenvalue weighted by molar-refractivity contribution is -0.130. The standard InChI is InChI=1S/C22H31ClN2O3S/c1-3-5-15-25(20(26)4-2)16-19-21(17-9-11-18(23)12-10-17)29(27,28)24-22(19)13-7-6-8-14-22/h9-12,24H,3-8,13-16H2,1-2H3. The molecule has 0 atom stereocenters. The van der Waals surface area contributed by atoms with Crippen LogP contribution < -0.4 is 4.72 Å². The molecule has 1 N–H and O–H groups in total. The number of carbonyl (C=O) groups excluding carboxylic acids is 1. The number of rotatable bonds is 7. The highest BCUT2D eigenvalue weighted by molar-refractivity contribution is 7.99. The van der Waals surface area contributed by atoms with E-state index in [4.69, 9.17) is 11.6 Å². The third-order valence-electron chi connectivity index (χ3n) is 6.05. The van der Waals surface area contributed by atoms with Gasteiger partial charge in [-0.2, -0.15) is 0 Å². The van der Waals surface area contributed by atoms with Crippen molar-refractivity contribution in [2.75, 3.05) is 13.1 Å². The summed E-state index contributed by atoms with van der Waals surface area (Å²) in [5.74, 6) is 0.0664. The van der Waals surface area contributed by atoms with Gasteiger partial charge < -0.3 is 4.90 Å². The molecule has 160 valence electrons. The fourth-order valence-corrected chi connectivity index (χ4v) is 6.62. The molecule has 1 aliphatic heterocycles. The Morgan fingerprint density at radius 2 is 1.79 bits per heavy atom. The number of halogens is 1. The molecule has 1 aromatic carbocycles. The molecule has 1 heterocycles. The Hall–Kier alpha value is -1.37. The first-order valence-corrected chi connectivity index (χ1v) is 12.5. The molecule has 1 amide bonds. The number of nitrogens with one attached hydrogen (secondary N) is 1. The predicted octanol–water partition coefficient (Wildman–Crippen LogP) is 4.73. The number of carbonyl (C=O) groups is 1. The van der Waals surface area contributed by atoms with Crippen LogP contribution in [0.15, 0.2) is 29.8 Å². The lowest BCUT2D eigenvalue weighted by Gasteiger charge is -2.37. The molecule has 7 heteroatoms. The van der Waals surface area contributed by atoms with Crippen LogP contribution in [0.25, 0.3) is 4.91 Å². The van der Waals surface area contributed by atoms with Crippen molar-refractivity contribution in [2.24, 2.45) is 0 Å². The van der Waals surface area contributed by atoms with Gasteiger partial charge in [0.2, 0.25) is 15.9 Å². The van der Waals surface area contributed by atoms with Crippen LogP contribution in [0.3, 0.4) is 0 Å². The Bertz CT molecular complexity index is 872. The minimum absolute atomic E-state index is 0.0664. The number of hydrogen-bond acceptors (Lipinski definition) is 3. The maximum atomic E-state index is 13.3. The first-order valence-electron chi connectivity index (χ1n) is 10.6. The summed E-state index contributed by atoms with van der Waals surface area (Å²) in [6.07, 6.45) is 6.94. The van der Waals surface area contributed by atoms with E-state index >= 15 is 0 Å². The molecule has 3 rings (SSSR count). The Labute approximate surface area is 179 Å². The van der Waals surface area contributed by atoms with E-state index < -0.39 is 15.6 Å². The van der Waals surface area contributed by atoms with Gasteiger partial charge in [0.15, 0.2) is 0 Å². The molecule has 0 saturated heterocycles. The van der Waals surface area contributed by atoms with E-state index in [0.717, 1.165) is 50.5 Å².